The van der Waals surface area contributed by atoms with Gasteiger partial charge in [-0.1, -0.05) is 0 Å². The van der Waals surface area contributed by atoms with Crippen LogP contribution in [0, 0.1) is 4.77 Å². The quantitative estimate of drug-likeness (QED) is 0.671. The highest BCUT2D eigenvalue weighted by Crippen LogP contribution is 2.26. The molecule has 1 aromatic heterocycles. The summed E-state index contributed by atoms with van der Waals surface area (Å²) < 4.78 is 5.66. The number of methoxy groups -OCH3 is 1. The Morgan fingerprint density at radius 1 is 1.50 bits per heavy atom. The van der Waals surface area contributed by atoms with Crippen molar-refractivity contribution in [1.82, 2.24) is 9.97 Å². The molecule has 2 rings (SSSR count). The van der Waals surface area contributed by atoms with E-state index in [1.54, 1.807) is 7.11 Å². The molecule has 0 aromatic carbocycles. The topological polar surface area (TPSA) is 37.9 Å². The number of nitrogens with zero attached hydrogens (tertiary/aromatic N) is 1. The molecule has 0 saturated carbocycles. The molecule has 0 amide bonds. The maximum Gasteiger partial charge on any atom is 0.220 e. The summed E-state index contributed by atoms with van der Waals surface area (Å²) >= 11 is 4.96. The van der Waals surface area contributed by atoms with Crippen LogP contribution in [0.3, 0.4) is 0 Å². The van der Waals surface area contributed by atoms with Crippen LogP contribution in [0.1, 0.15) is 17.7 Å². The van der Waals surface area contributed by atoms with Crippen molar-refractivity contribution in [3.63, 3.8) is 0 Å². The molecule has 1 N–H and O–H groups in total. The molecule has 0 saturated heterocycles. The first kappa shape index (κ1) is 7.73. The molecule has 0 unspecified atom stereocenters. The van der Waals surface area contributed by atoms with E-state index in [2.05, 4.69) is 9.97 Å². The van der Waals surface area contributed by atoms with E-state index in [0.29, 0.717) is 10.7 Å². The maximum atomic E-state index is 5.14. The molecule has 0 aliphatic heterocycles. The van der Waals surface area contributed by atoms with Crippen LogP contribution in [-0.2, 0) is 12.8 Å². The summed E-state index contributed by atoms with van der Waals surface area (Å²) in [5.74, 6) is 0.700. The fourth-order valence-electron chi connectivity index (χ4n) is 1.60. The van der Waals surface area contributed by atoms with Crippen molar-refractivity contribution in [1.29, 1.82) is 0 Å². The van der Waals surface area contributed by atoms with Crippen molar-refractivity contribution in [2.45, 2.75) is 19.3 Å². The standard InChI is InChI=1S/C8H10N2OS/c1-11-7-5-3-2-4-6(5)9-8(12)10-7/h2-4H2,1H3,(H,9,10,12). The second kappa shape index (κ2) is 2.86. The normalized spacial score (nSPS) is 14.4. The summed E-state index contributed by atoms with van der Waals surface area (Å²) in [4.78, 5) is 7.19. The summed E-state index contributed by atoms with van der Waals surface area (Å²) in [6, 6.07) is 0. The number of rotatable bonds is 1. The zero-order valence-electron chi connectivity index (χ0n) is 6.89. The SMILES string of the molecule is COc1nc(=S)[nH]c2c1CCC2. The number of fused-ring (bicyclic) bond motifs is 1. The predicted molar refractivity (Wildman–Crippen MR) is 48.0 cm³/mol. The smallest absolute Gasteiger partial charge is 0.220 e. The van der Waals surface area contributed by atoms with Gasteiger partial charge >= 0.3 is 0 Å². The van der Waals surface area contributed by atoms with Gasteiger partial charge in [0, 0.05) is 11.3 Å². The number of ether oxygens (including phenoxy) is 1. The summed E-state index contributed by atoms with van der Waals surface area (Å²) in [5.41, 5.74) is 2.40. The largest absolute Gasteiger partial charge is 0.481 e. The minimum Gasteiger partial charge on any atom is -0.481 e. The van der Waals surface area contributed by atoms with Crippen LogP contribution in [0.15, 0.2) is 0 Å². The van der Waals surface area contributed by atoms with Crippen LogP contribution >= 0.6 is 12.2 Å². The first-order chi connectivity index (χ1) is 5.81. The van der Waals surface area contributed by atoms with Gasteiger partial charge in [-0.15, -0.1) is 0 Å². The van der Waals surface area contributed by atoms with E-state index in [0.717, 1.165) is 12.8 Å². The first-order valence-electron chi connectivity index (χ1n) is 3.97. The number of nitrogens with one attached hydrogen (secondary N) is 1. The fraction of sp³-hybridized carbons (Fsp3) is 0.500. The van der Waals surface area contributed by atoms with Gasteiger partial charge in [0.15, 0.2) is 4.77 Å². The molecule has 0 spiro atoms. The maximum absolute atomic E-state index is 5.14. The molecule has 1 heterocycles. The number of aromatic nitrogens is 2. The second-order valence-electron chi connectivity index (χ2n) is 2.86. The van der Waals surface area contributed by atoms with Gasteiger partial charge in [-0.25, -0.2) is 0 Å². The number of aryl methyl sites for hydroxylation is 1. The van der Waals surface area contributed by atoms with E-state index in [1.807, 2.05) is 0 Å². The molecular formula is C8H10N2OS. The lowest BCUT2D eigenvalue weighted by molar-refractivity contribution is 0.391. The lowest BCUT2D eigenvalue weighted by Gasteiger charge is -2.04. The zero-order chi connectivity index (χ0) is 8.55. The molecule has 1 aromatic rings. The molecule has 3 nitrogen and oxygen atoms in total. The van der Waals surface area contributed by atoms with Gasteiger partial charge in [0.25, 0.3) is 0 Å². The molecule has 64 valence electrons. The van der Waals surface area contributed by atoms with Crippen LogP contribution in [-0.4, -0.2) is 17.1 Å². The zero-order valence-corrected chi connectivity index (χ0v) is 7.70. The Balaban J connectivity index is 2.62. The van der Waals surface area contributed by atoms with E-state index in [4.69, 9.17) is 17.0 Å². The molecule has 1 aliphatic carbocycles. The van der Waals surface area contributed by atoms with Crippen LogP contribution < -0.4 is 4.74 Å². The predicted octanol–water partition coefficient (Wildman–Crippen LogP) is 1.64. The van der Waals surface area contributed by atoms with Gasteiger partial charge < -0.3 is 9.72 Å². The Kier molecular flexibility index (Phi) is 1.84. The number of hydrogen-bond acceptors (Lipinski definition) is 3. The van der Waals surface area contributed by atoms with Crippen molar-refractivity contribution in [2.24, 2.45) is 0 Å². The van der Waals surface area contributed by atoms with Gasteiger partial charge in [-0.3, -0.25) is 0 Å². The van der Waals surface area contributed by atoms with Gasteiger partial charge in [0.2, 0.25) is 5.88 Å². The van der Waals surface area contributed by atoms with Crippen molar-refractivity contribution in [3.05, 3.63) is 16.0 Å². The third-order valence-electron chi connectivity index (χ3n) is 2.13. The molecular weight excluding hydrogens is 172 g/mol. The van der Waals surface area contributed by atoms with Crippen LogP contribution in [0.4, 0.5) is 0 Å². The Bertz CT molecular complexity index is 359. The Morgan fingerprint density at radius 3 is 3.08 bits per heavy atom. The van der Waals surface area contributed by atoms with E-state index in [-0.39, 0.29) is 0 Å². The average Bonchev–Trinajstić information content (AvgIpc) is 2.50. The van der Waals surface area contributed by atoms with Crippen molar-refractivity contribution >= 4 is 12.2 Å². The number of H-pyrrole nitrogens is 1. The lowest BCUT2D eigenvalue weighted by Crippen LogP contribution is -1.97. The van der Waals surface area contributed by atoms with Gasteiger partial charge in [0.05, 0.1) is 7.11 Å². The van der Waals surface area contributed by atoms with Crippen LogP contribution in [0.25, 0.3) is 0 Å². The Labute approximate surface area is 75.8 Å². The van der Waals surface area contributed by atoms with Crippen LogP contribution in [0.5, 0.6) is 5.88 Å². The highest BCUT2D eigenvalue weighted by atomic mass is 32.1. The fourth-order valence-corrected chi connectivity index (χ4v) is 1.81. The number of aromatic amines is 1. The lowest BCUT2D eigenvalue weighted by atomic mass is 10.2. The van der Waals surface area contributed by atoms with E-state index < -0.39 is 0 Å². The molecule has 4 heteroatoms. The Morgan fingerprint density at radius 2 is 2.33 bits per heavy atom. The van der Waals surface area contributed by atoms with Gasteiger partial charge in [0.1, 0.15) is 0 Å². The third kappa shape index (κ3) is 1.12. The van der Waals surface area contributed by atoms with Gasteiger partial charge in [-0.05, 0) is 31.5 Å². The van der Waals surface area contributed by atoms with E-state index >= 15 is 0 Å². The Hall–Kier alpha value is -0.900. The highest BCUT2D eigenvalue weighted by Gasteiger charge is 2.16. The van der Waals surface area contributed by atoms with E-state index in [1.165, 1.54) is 17.7 Å². The molecule has 0 atom stereocenters. The minimum absolute atomic E-state index is 0.521. The van der Waals surface area contributed by atoms with Crippen molar-refractivity contribution < 1.29 is 4.74 Å². The summed E-state index contributed by atoms with van der Waals surface area (Å²) in [6.45, 7) is 0. The molecule has 0 fully saturated rings. The summed E-state index contributed by atoms with van der Waals surface area (Å²) in [5, 5.41) is 0. The van der Waals surface area contributed by atoms with Crippen molar-refractivity contribution in [2.75, 3.05) is 7.11 Å². The summed E-state index contributed by atoms with van der Waals surface area (Å²) in [6.07, 6.45) is 3.29. The van der Waals surface area contributed by atoms with Gasteiger partial charge in [-0.2, -0.15) is 4.98 Å². The second-order valence-corrected chi connectivity index (χ2v) is 3.25. The third-order valence-corrected chi connectivity index (χ3v) is 2.32. The van der Waals surface area contributed by atoms with Crippen molar-refractivity contribution in [3.8, 4) is 5.88 Å². The molecule has 1 aliphatic rings. The monoisotopic (exact) mass is 182 g/mol. The van der Waals surface area contributed by atoms with Crippen LogP contribution in [0.2, 0.25) is 0 Å². The molecule has 12 heavy (non-hydrogen) atoms. The van der Waals surface area contributed by atoms with E-state index in [9.17, 15) is 0 Å². The summed E-state index contributed by atoms with van der Waals surface area (Å²) in [7, 11) is 1.63. The first-order valence-corrected chi connectivity index (χ1v) is 4.38. The average molecular weight is 182 g/mol. The number of hydrogen-bond donors (Lipinski definition) is 1. The minimum atomic E-state index is 0.521. The highest BCUT2D eigenvalue weighted by molar-refractivity contribution is 7.71. The molecule has 0 radical (unpaired) electrons. The molecule has 0 bridgehead atoms.